The summed E-state index contributed by atoms with van der Waals surface area (Å²) < 4.78 is 3.72. The highest BCUT2D eigenvalue weighted by Gasteiger charge is 2.44. The fraction of sp³-hybridized carbons (Fsp3) is 0.368. The maximum Gasteiger partial charge on any atom is 0.324 e. The molecule has 0 spiro atoms. The number of hydrogen-bond donors (Lipinski definition) is 2. The van der Waals surface area contributed by atoms with E-state index in [1.807, 2.05) is 85.1 Å². The molecule has 2 aromatic carbocycles. The fourth-order valence-corrected chi connectivity index (χ4v) is 7.39. The van der Waals surface area contributed by atoms with Crippen molar-refractivity contribution >= 4 is 29.1 Å². The number of carbonyl (C=O) groups excluding carboxylic acids is 2. The Labute approximate surface area is 276 Å². The average Bonchev–Trinajstić information content (AvgIpc) is 3.68. The van der Waals surface area contributed by atoms with E-state index in [-0.39, 0.29) is 29.4 Å². The van der Waals surface area contributed by atoms with Crippen molar-refractivity contribution in [1.29, 1.82) is 0 Å². The Balaban J connectivity index is 1.02. The van der Waals surface area contributed by atoms with Crippen molar-refractivity contribution in [1.82, 2.24) is 24.1 Å². The molecule has 2 bridgehead atoms. The summed E-state index contributed by atoms with van der Waals surface area (Å²) in [7, 11) is 0. The summed E-state index contributed by atoms with van der Waals surface area (Å²) in [5.41, 5.74) is 6.98. The lowest BCUT2D eigenvalue weighted by Gasteiger charge is -2.39. The lowest BCUT2D eigenvalue weighted by Crippen LogP contribution is -2.47. The Morgan fingerprint density at radius 2 is 1.64 bits per heavy atom. The van der Waals surface area contributed by atoms with Crippen molar-refractivity contribution in [2.45, 2.75) is 84.2 Å². The van der Waals surface area contributed by atoms with Crippen molar-refractivity contribution < 1.29 is 9.59 Å². The predicted octanol–water partition coefficient (Wildman–Crippen LogP) is 7.70. The van der Waals surface area contributed by atoms with Crippen LogP contribution in [0.4, 0.5) is 16.3 Å². The third-order valence-electron chi connectivity index (χ3n) is 9.68. The van der Waals surface area contributed by atoms with Gasteiger partial charge in [0.1, 0.15) is 17.2 Å². The number of carbonyl (C=O) groups is 2. The number of nitrogens with zero attached hydrogens (tertiary/aromatic N) is 5. The van der Waals surface area contributed by atoms with Gasteiger partial charge in [0, 0.05) is 35.4 Å². The maximum absolute atomic E-state index is 13.9. The number of pyridine rings is 1. The number of nitrogens with one attached hydrogen (secondary N) is 2. The van der Waals surface area contributed by atoms with Gasteiger partial charge in [0.25, 0.3) is 5.91 Å². The molecular weight excluding hydrogens is 586 g/mol. The number of benzene rings is 2. The fourth-order valence-electron chi connectivity index (χ4n) is 7.39. The second-order valence-electron chi connectivity index (χ2n) is 14.3. The van der Waals surface area contributed by atoms with E-state index in [0.717, 1.165) is 66.1 Å². The number of amides is 3. The smallest absolute Gasteiger partial charge is 0.324 e. The molecule has 2 unspecified atom stereocenters. The zero-order valence-electron chi connectivity index (χ0n) is 27.8. The standard InChI is InChI=1S/C38H43N7O2/c1-24-12-14-29(15-13-24)45-34(23-32(42-45)38(3,4)5)41-37(47)40-28-10-8-9-26(20-28)19-27-21-30-16-17-31(22-27)44(30)36(46)35-25(2)39-33-11-6-7-18-43(33)35/h6-15,18,20,23,27,30-31H,16-17,19,21-22H2,1-5H3,(H2,40,41,47). The second kappa shape index (κ2) is 12.0. The van der Waals surface area contributed by atoms with E-state index in [4.69, 9.17) is 5.10 Å². The lowest BCUT2D eigenvalue weighted by molar-refractivity contribution is 0.0516. The van der Waals surface area contributed by atoms with Gasteiger partial charge in [0.05, 0.1) is 17.1 Å². The number of urea groups is 1. The van der Waals surface area contributed by atoms with Crippen LogP contribution in [0.15, 0.2) is 79.0 Å². The van der Waals surface area contributed by atoms with E-state index in [0.29, 0.717) is 17.4 Å². The number of anilines is 2. The third kappa shape index (κ3) is 6.14. The maximum atomic E-state index is 13.9. The summed E-state index contributed by atoms with van der Waals surface area (Å²) in [6.07, 6.45) is 6.89. The number of imidazole rings is 1. The molecule has 0 aliphatic carbocycles. The molecule has 47 heavy (non-hydrogen) atoms. The van der Waals surface area contributed by atoms with Crippen LogP contribution in [0.2, 0.25) is 0 Å². The molecule has 7 rings (SSSR count). The van der Waals surface area contributed by atoms with Gasteiger partial charge in [-0.15, -0.1) is 0 Å². The molecule has 5 heterocycles. The molecule has 9 heteroatoms. The molecule has 2 saturated heterocycles. The average molecular weight is 630 g/mol. The van der Waals surface area contributed by atoms with Gasteiger partial charge in [-0.25, -0.2) is 14.5 Å². The highest BCUT2D eigenvalue weighted by Crippen LogP contribution is 2.41. The van der Waals surface area contributed by atoms with Crippen LogP contribution in [0.25, 0.3) is 11.3 Å². The molecule has 2 aliphatic heterocycles. The molecule has 2 fully saturated rings. The monoisotopic (exact) mass is 629 g/mol. The van der Waals surface area contributed by atoms with Crippen LogP contribution in [-0.2, 0) is 11.8 Å². The molecule has 3 amide bonds. The van der Waals surface area contributed by atoms with Crippen LogP contribution in [0.3, 0.4) is 0 Å². The van der Waals surface area contributed by atoms with Gasteiger partial charge >= 0.3 is 6.03 Å². The first kappa shape index (κ1) is 30.7. The van der Waals surface area contributed by atoms with Crippen molar-refractivity contribution in [3.05, 3.63) is 107 Å². The summed E-state index contributed by atoms with van der Waals surface area (Å²) in [5, 5.41) is 10.9. The van der Waals surface area contributed by atoms with Gasteiger partial charge in [-0.1, -0.05) is 56.7 Å². The van der Waals surface area contributed by atoms with Gasteiger partial charge in [-0.05, 0) is 93.8 Å². The zero-order chi connectivity index (χ0) is 32.9. The van der Waals surface area contributed by atoms with Crippen molar-refractivity contribution in [3.8, 4) is 5.69 Å². The topological polar surface area (TPSA) is 96.6 Å². The molecule has 5 aromatic rings. The van der Waals surface area contributed by atoms with Gasteiger partial charge in [-0.3, -0.25) is 14.5 Å². The first-order valence-electron chi connectivity index (χ1n) is 16.6. The third-order valence-corrected chi connectivity index (χ3v) is 9.68. The minimum Gasteiger partial charge on any atom is -0.331 e. The summed E-state index contributed by atoms with van der Waals surface area (Å²) >= 11 is 0. The van der Waals surface area contributed by atoms with E-state index in [1.165, 1.54) is 5.56 Å². The van der Waals surface area contributed by atoms with Crippen LogP contribution in [0.5, 0.6) is 0 Å². The molecule has 3 aromatic heterocycles. The highest BCUT2D eigenvalue weighted by molar-refractivity contribution is 5.99. The van der Waals surface area contributed by atoms with Gasteiger partial charge in [0.15, 0.2) is 0 Å². The van der Waals surface area contributed by atoms with E-state index in [9.17, 15) is 9.59 Å². The largest absolute Gasteiger partial charge is 0.331 e. The van der Waals surface area contributed by atoms with Crippen molar-refractivity contribution in [2.75, 3.05) is 10.6 Å². The molecule has 2 atom stereocenters. The van der Waals surface area contributed by atoms with Crippen LogP contribution < -0.4 is 10.6 Å². The molecule has 9 nitrogen and oxygen atoms in total. The normalized spacial score (nSPS) is 19.3. The Kier molecular flexibility index (Phi) is 7.86. The minimum absolute atomic E-state index is 0.0997. The Hall–Kier alpha value is -4.92. The first-order chi connectivity index (χ1) is 22.5. The number of aryl methyl sites for hydroxylation is 2. The number of piperidine rings is 1. The predicted molar refractivity (Wildman–Crippen MR) is 185 cm³/mol. The van der Waals surface area contributed by atoms with Crippen molar-refractivity contribution in [3.63, 3.8) is 0 Å². The number of aromatic nitrogens is 4. The summed E-state index contributed by atoms with van der Waals surface area (Å²) in [6.45, 7) is 10.3. The Bertz CT molecular complexity index is 1930. The quantitative estimate of drug-likeness (QED) is 0.201. The zero-order valence-corrected chi connectivity index (χ0v) is 27.8. The van der Waals surface area contributed by atoms with E-state index in [1.54, 1.807) is 4.68 Å². The molecule has 0 radical (unpaired) electrons. The van der Waals surface area contributed by atoms with Gasteiger partial charge in [0.2, 0.25) is 0 Å². The first-order valence-corrected chi connectivity index (χ1v) is 16.6. The highest BCUT2D eigenvalue weighted by atomic mass is 16.2. The summed E-state index contributed by atoms with van der Waals surface area (Å²) in [6, 6.07) is 24.2. The molecule has 0 saturated carbocycles. The summed E-state index contributed by atoms with van der Waals surface area (Å²) in [5.74, 6) is 1.19. The van der Waals surface area contributed by atoms with Crippen LogP contribution in [0.1, 0.15) is 79.5 Å². The van der Waals surface area contributed by atoms with Crippen molar-refractivity contribution in [2.24, 2.45) is 5.92 Å². The minimum atomic E-state index is -0.316. The van der Waals surface area contributed by atoms with E-state index < -0.39 is 0 Å². The van der Waals surface area contributed by atoms with E-state index >= 15 is 0 Å². The lowest BCUT2D eigenvalue weighted by atomic mass is 9.85. The number of rotatable bonds is 6. The second-order valence-corrected chi connectivity index (χ2v) is 14.3. The van der Waals surface area contributed by atoms with Crippen LogP contribution in [0, 0.1) is 19.8 Å². The number of fused-ring (bicyclic) bond motifs is 3. The van der Waals surface area contributed by atoms with Crippen LogP contribution in [-0.4, -0.2) is 48.1 Å². The SMILES string of the molecule is Cc1ccc(-n2nc(C(C)(C)C)cc2NC(=O)Nc2cccc(CC3CC4CCC(C3)N4C(=O)c3c(C)nc4ccccn34)c2)cc1. The van der Waals surface area contributed by atoms with Gasteiger partial charge < -0.3 is 10.2 Å². The van der Waals surface area contributed by atoms with Gasteiger partial charge in [-0.2, -0.15) is 5.10 Å². The molecular formula is C38H43N7O2. The number of hydrogen-bond acceptors (Lipinski definition) is 4. The Morgan fingerprint density at radius 1 is 0.894 bits per heavy atom. The molecule has 2 N–H and O–H groups in total. The molecule has 2 aliphatic rings. The van der Waals surface area contributed by atoms with Crippen LogP contribution >= 0.6 is 0 Å². The van der Waals surface area contributed by atoms with E-state index in [2.05, 4.69) is 53.4 Å². The Morgan fingerprint density at radius 3 is 2.36 bits per heavy atom. The molecule has 242 valence electrons. The summed E-state index contributed by atoms with van der Waals surface area (Å²) in [4.78, 5) is 33.9.